The summed E-state index contributed by atoms with van der Waals surface area (Å²) in [6.07, 6.45) is 0. The van der Waals surface area contributed by atoms with Crippen molar-refractivity contribution in [1.29, 1.82) is 0 Å². The third-order valence-corrected chi connectivity index (χ3v) is 4.87. The number of ether oxygens (including phenoxy) is 1. The van der Waals surface area contributed by atoms with Gasteiger partial charge in [0.1, 0.15) is 5.75 Å². The monoisotopic (exact) mass is 456 g/mol. The number of nitrogens with one attached hydrogen (secondary N) is 1. The molecule has 0 saturated heterocycles. The molecule has 6 heteroatoms. The summed E-state index contributed by atoms with van der Waals surface area (Å²) in [5.74, 6) is 0.193. The molecule has 0 aliphatic rings. The first kappa shape index (κ1) is 20.1. The van der Waals surface area contributed by atoms with Crippen molar-refractivity contribution in [3.8, 4) is 16.9 Å². The Kier molecular flexibility index (Phi) is 6.85. The maximum atomic E-state index is 12.0. The van der Waals surface area contributed by atoms with Crippen LogP contribution >= 0.6 is 27.5 Å². The molecule has 1 N–H and O–H groups in total. The topological polar surface area (TPSA) is 50.7 Å². The van der Waals surface area contributed by atoms with Gasteiger partial charge in [-0.05, 0) is 57.7 Å². The van der Waals surface area contributed by atoms with Crippen molar-refractivity contribution in [2.75, 3.05) is 6.61 Å². The van der Waals surface area contributed by atoms with Crippen LogP contribution in [0.1, 0.15) is 12.5 Å². The van der Waals surface area contributed by atoms with Gasteiger partial charge in [-0.15, -0.1) is 0 Å². The molecule has 0 spiro atoms. The molecule has 0 saturated carbocycles. The molecule has 0 unspecified atom stereocenters. The van der Waals surface area contributed by atoms with Gasteiger partial charge in [-0.1, -0.05) is 66.2 Å². The Hall–Kier alpha value is -2.63. The number of rotatable bonds is 6. The highest BCUT2D eigenvalue weighted by atomic mass is 79.9. The van der Waals surface area contributed by atoms with E-state index in [0.717, 1.165) is 16.7 Å². The molecular weight excluding hydrogens is 440 g/mol. The fourth-order valence-electron chi connectivity index (χ4n) is 2.51. The lowest BCUT2D eigenvalue weighted by Crippen LogP contribution is -2.25. The number of hydrogen-bond acceptors (Lipinski definition) is 3. The predicted octanol–water partition coefficient (Wildman–Crippen LogP) is 5.69. The molecule has 0 heterocycles. The fraction of sp³-hybridized carbons (Fsp3) is 0.0909. The van der Waals surface area contributed by atoms with E-state index in [0.29, 0.717) is 21.0 Å². The number of carbonyl (C=O) groups excluding carboxylic acids is 1. The minimum atomic E-state index is -0.345. The van der Waals surface area contributed by atoms with Crippen LogP contribution in [0, 0.1) is 0 Å². The van der Waals surface area contributed by atoms with E-state index in [9.17, 15) is 4.79 Å². The van der Waals surface area contributed by atoms with E-state index >= 15 is 0 Å². The summed E-state index contributed by atoms with van der Waals surface area (Å²) in [4.78, 5) is 12.0. The second-order valence-corrected chi connectivity index (χ2v) is 7.33. The third kappa shape index (κ3) is 5.44. The SMILES string of the molecule is CC(=NNC(=O)COc1ccc(Cl)cc1Br)c1ccc(-c2ccccc2)cc1. The summed E-state index contributed by atoms with van der Waals surface area (Å²) in [6, 6.07) is 23.3. The zero-order chi connectivity index (χ0) is 19.9. The minimum absolute atomic E-state index is 0.149. The minimum Gasteiger partial charge on any atom is -0.483 e. The molecule has 0 aliphatic carbocycles. The predicted molar refractivity (Wildman–Crippen MR) is 117 cm³/mol. The van der Waals surface area contributed by atoms with Crippen LogP contribution in [-0.4, -0.2) is 18.2 Å². The zero-order valence-corrected chi connectivity index (χ0v) is 17.5. The lowest BCUT2D eigenvalue weighted by molar-refractivity contribution is -0.123. The summed E-state index contributed by atoms with van der Waals surface area (Å²) in [5.41, 5.74) is 6.43. The second kappa shape index (κ2) is 9.53. The Labute approximate surface area is 177 Å². The van der Waals surface area contributed by atoms with Crippen LogP contribution < -0.4 is 10.2 Å². The Balaban J connectivity index is 1.56. The van der Waals surface area contributed by atoms with E-state index < -0.39 is 0 Å². The summed E-state index contributed by atoms with van der Waals surface area (Å²) in [6.45, 7) is 1.69. The number of nitrogens with zero attached hydrogens (tertiary/aromatic N) is 1. The lowest BCUT2D eigenvalue weighted by atomic mass is 10.0. The molecule has 0 aliphatic heterocycles. The average Bonchev–Trinajstić information content (AvgIpc) is 2.72. The highest BCUT2D eigenvalue weighted by Gasteiger charge is 2.06. The lowest BCUT2D eigenvalue weighted by Gasteiger charge is -2.08. The van der Waals surface area contributed by atoms with Crippen LogP contribution in [0.3, 0.4) is 0 Å². The van der Waals surface area contributed by atoms with Gasteiger partial charge in [-0.3, -0.25) is 4.79 Å². The molecule has 28 heavy (non-hydrogen) atoms. The first-order valence-electron chi connectivity index (χ1n) is 8.60. The molecule has 3 rings (SSSR count). The normalized spacial score (nSPS) is 11.2. The molecule has 1 amide bonds. The van der Waals surface area contributed by atoms with Crippen molar-refractivity contribution < 1.29 is 9.53 Å². The second-order valence-electron chi connectivity index (χ2n) is 6.04. The molecule has 142 valence electrons. The van der Waals surface area contributed by atoms with Gasteiger partial charge in [0.05, 0.1) is 10.2 Å². The number of carbonyl (C=O) groups is 1. The molecule has 0 atom stereocenters. The van der Waals surface area contributed by atoms with Crippen LogP contribution in [0.25, 0.3) is 11.1 Å². The Morgan fingerprint density at radius 3 is 2.39 bits per heavy atom. The van der Waals surface area contributed by atoms with Gasteiger partial charge in [0.15, 0.2) is 6.61 Å². The molecular formula is C22H18BrClN2O2. The summed E-state index contributed by atoms with van der Waals surface area (Å²) < 4.78 is 6.16. The van der Waals surface area contributed by atoms with E-state index in [1.165, 1.54) is 0 Å². The first-order valence-corrected chi connectivity index (χ1v) is 9.77. The van der Waals surface area contributed by atoms with Crippen LogP contribution in [0.15, 0.2) is 82.4 Å². The molecule has 3 aromatic rings. The van der Waals surface area contributed by atoms with Gasteiger partial charge in [0.2, 0.25) is 0 Å². The summed E-state index contributed by atoms with van der Waals surface area (Å²) >= 11 is 9.23. The molecule has 0 bridgehead atoms. The van der Waals surface area contributed by atoms with Gasteiger partial charge in [0.25, 0.3) is 5.91 Å². The summed E-state index contributed by atoms with van der Waals surface area (Å²) in [5, 5.41) is 4.74. The van der Waals surface area contributed by atoms with Gasteiger partial charge in [-0.2, -0.15) is 5.10 Å². The quantitative estimate of drug-likeness (QED) is 0.382. The van der Waals surface area contributed by atoms with E-state index in [2.05, 4.69) is 38.6 Å². The van der Waals surface area contributed by atoms with Crippen LogP contribution in [0.2, 0.25) is 5.02 Å². The zero-order valence-electron chi connectivity index (χ0n) is 15.2. The number of amides is 1. The standard InChI is InChI=1S/C22H18BrClN2O2/c1-15(16-7-9-18(10-8-16)17-5-3-2-4-6-17)25-26-22(27)14-28-21-12-11-19(24)13-20(21)23/h2-13H,14H2,1H3,(H,26,27). The first-order chi connectivity index (χ1) is 13.5. The van der Waals surface area contributed by atoms with Crippen LogP contribution in [0.4, 0.5) is 0 Å². The number of hydrazone groups is 1. The fourth-order valence-corrected chi connectivity index (χ4v) is 3.31. The largest absolute Gasteiger partial charge is 0.483 e. The smallest absolute Gasteiger partial charge is 0.277 e. The maximum Gasteiger partial charge on any atom is 0.277 e. The highest BCUT2D eigenvalue weighted by Crippen LogP contribution is 2.27. The Morgan fingerprint density at radius 1 is 1.04 bits per heavy atom. The molecule has 0 aromatic heterocycles. The van der Waals surface area contributed by atoms with Gasteiger partial charge < -0.3 is 4.74 Å². The van der Waals surface area contributed by atoms with Crippen molar-refractivity contribution in [3.63, 3.8) is 0 Å². The van der Waals surface area contributed by atoms with Crippen LogP contribution in [0.5, 0.6) is 5.75 Å². The van der Waals surface area contributed by atoms with Crippen LogP contribution in [-0.2, 0) is 4.79 Å². The van der Waals surface area contributed by atoms with Crippen molar-refractivity contribution in [1.82, 2.24) is 5.43 Å². The number of halogens is 2. The molecule has 0 radical (unpaired) electrons. The molecule has 0 fully saturated rings. The van der Waals surface area contributed by atoms with Crippen molar-refractivity contribution in [2.24, 2.45) is 5.10 Å². The van der Waals surface area contributed by atoms with Crippen molar-refractivity contribution in [3.05, 3.63) is 87.9 Å². The molecule has 4 nitrogen and oxygen atoms in total. The van der Waals surface area contributed by atoms with Crippen molar-refractivity contribution >= 4 is 39.1 Å². The van der Waals surface area contributed by atoms with Gasteiger partial charge in [0, 0.05) is 5.02 Å². The van der Waals surface area contributed by atoms with Crippen molar-refractivity contribution in [2.45, 2.75) is 6.92 Å². The summed E-state index contributed by atoms with van der Waals surface area (Å²) in [7, 11) is 0. The Bertz CT molecular complexity index is 989. The van der Waals surface area contributed by atoms with E-state index in [1.54, 1.807) is 18.2 Å². The number of hydrogen-bond donors (Lipinski definition) is 1. The van der Waals surface area contributed by atoms with E-state index in [1.807, 2.05) is 49.4 Å². The average molecular weight is 458 g/mol. The Morgan fingerprint density at radius 2 is 1.71 bits per heavy atom. The number of benzene rings is 3. The van der Waals surface area contributed by atoms with E-state index in [-0.39, 0.29) is 12.5 Å². The highest BCUT2D eigenvalue weighted by molar-refractivity contribution is 9.10. The van der Waals surface area contributed by atoms with Gasteiger partial charge in [-0.25, -0.2) is 5.43 Å². The third-order valence-electron chi connectivity index (χ3n) is 4.01. The molecule has 3 aromatic carbocycles. The van der Waals surface area contributed by atoms with E-state index in [4.69, 9.17) is 16.3 Å². The maximum absolute atomic E-state index is 12.0. The van der Waals surface area contributed by atoms with Gasteiger partial charge >= 0.3 is 0 Å².